The van der Waals surface area contributed by atoms with Gasteiger partial charge in [-0.2, -0.15) is 0 Å². The first-order valence-electron chi connectivity index (χ1n) is 10.9. The molecular formula is C25H31N3O4. The lowest BCUT2D eigenvalue weighted by molar-refractivity contribution is -0.142. The quantitative estimate of drug-likeness (QED) is 0.432. The highest BCUT2D eigenvalue weighted by atomic mass is 16.5. The summed E-state index contributed by atoms with van der Waals surface area (Å²) < 4.78 is 13.1. The van der Waals surface area contributed by atoms with E-state index in [0.29, 0.717) is 31.1 Å². The highest BCUT2D eigenvalue weighted by molar-refractivity contribution is 5.85. The van der Waals surface area contributed by atoms with E-state index < -0.39 is 0 Å². The molecule has 0 atom stereocenters. The summed E-state index contributed by atoms with van der Waals surface area (Å²) in [6, 6.07) is 16.8. The molecule has 2 heterocycles. The molecule has 7 nitrogen and oxygen atoms in total. The van der Waals surface area contributed by atoms with Crippen molar-refractivity contribution in [1.29, 1.82) is 0 Å². The lowest BCUT2D eigenvalue weighted by atomic mass is 10.2. The van der Waals surface area contributed by atoms with Crippen LogP contribution in [0.25, 0.3) is 0 Å². The highest BCUT2D eigenvalue weighted by Crippen LogP contribution is 2.13. The van der Waals surface area contributed by atoms with E-state index in [1.807, 2.05) is 54.2 Å². The number of para-hydroxylation sites is 1. The summed E-state index contributed by atoms with van der Waals surface area (Å²) >= 11 is 0. The SMILES string of the molecule is CCCCN(CC(=O)N(Cc1ccco1)Cc1cccn1C)C(=O)COc1ccccc1. The van der Waals surface area contributed by atoms with Crippen molar-refractivity contribution in [3.05, 3.63) is 78.5 Å². The fourth-order valence-corrected chi connectivity index (χ4v) is 3.34. The Morgan fingerprint density at radius 3 is 2.44 bits per heavy atom. The standard InChI is InChI=1S/C25H31N3O4/c1-3-4-15-27(25(30)20-32-22-11-6-5-7-12-22)19-24(29)28(18-23-13-9-16-31-23)17-21-10-8-14-26(21)2/h5-14,16H,3-4,15,17-20H2,1-2H3. The van der Waals surface area contributed by atoms with Gasteiger partial charge >= 0.3 is 0 Å². The van der Waals surface area contributed by atoms with E-state index in [1.54, 1.807) is 34.3 Å². The Morgan fingerprint density at radius 1 is 0.969 bits per heavy atom. The summed E-state index contributed by atoms with van der Waals surface area (Å²) in [5.74, 6) is 0.997. The van der Waals surface area contributed by atoms with Gasteiger partial charge < -0.3 is 23.5 Å². The summed E-state index contributed by atoms with van der Waals surface area (Å²) in [7, 11) is 1.95. The molecule has 3 aromatic rings. The average molecular weight is 438 g/mol. The Labute approximate surface area is 189 Å². The summed E-state index contributed by atoms with van der Waals surface area (Å²) in [5.41, 5.74) is 1.00. The molecule has 0 N–H and O–H groups in total. The number of benzene rings is 1. The van der Waals surface area contributed by atoms with Crippen LogP contribution in [-0.4, -0.2) is 45.9 Å². The number of carbonyl (C=O) groups is 2. The number of hydrogen-bond donors (Lipinski definition) is 0. The van der Waals surface area contributed by atoms with Gasteiger partial charge in [-0.1, -0.05) is 31.5 Å². The molecule has 0 radical (unpaired) electrons. The summed E-state index contributed by atoms with van der Waals surface area (Å²) in [4.78, 5) is 29.5. The molecule has 0 fully saturated rings. The average Bonchev–Trinajstić information content (AvgIpc) is 3.47. The lowest BCUT2D eigenvalue weighted by Crippen LogP contribution is -2.44. The van der Waals surface area contributed by atoms with Gasteiger partial charge in [0.05, 0.1) is 25.9 Å². The van der Waals surface area contributed by atoms with Crippen LogP contribution in [0.3, 0.4) is 0 Å². The van der Waals surface area contributed by atoms with Gasteiger partial charge in [0.1, 0.15) is 11.5 Å². The number of amides is 2. The molecule has 3 rings (SSSR count). The number of hydrogen-bond acceptors (Lipinski definition) is 4. The zero-order valence-corrected chi connectivity index (χ0v) is 18.8. The molecule has 0 aliphatic carbocycles. The first kappa shape index (κ1) is 23.2. The Balaban J connectivity index is 1.68. The second-order valence-corrected chi connectivity index (χ2v) is 7.71. The zero-order chi connectivity index (χ0) is 22.8. The number of carbonyl (C=O) groups excluding carboxylic acids is 2. The van der Waals surface area contributed by atoms with E-state index in [1.165, 1.54) is 0 Å². The van der Waals surface area contributed by atoms with Crippen LogP contribution in [0.4, 0.5) is 0 Å². The molecule has 2 amide bonds. The molecule has 0 aliphatic rings. The van der Waals surface area contributed by atoms with E-state index >= 15 is 0 Å². The van der Waals surface area contributed by atoms with Crippen molar-refractivity contribution < 1.29 is 18.7 Å². The van der Waals surface area contributed by atoms with Crippen LogP contribution in [0.5, 0.6) is 5.75 Å². The smallest absolute Gasteiger partial charge is 0.260 e. The summed E-state index contributed by atoms with van der Waals surface area (Å²) in [5, 5.41) is 0. The summed E-state index contributed by atoms with van der Waals surface area (Å²) in [6.45, 7) is 3.24. The Bertz CT molecular complexity index is 966. The molecule has 0 aliphatic heterocycles. The second-order valence-electron chi connectivity index (χ2n) is 7.71. The minimum atomic E-state index is -0.201. The maximum atomic E-state index is 13.3. The fraction of sp³-hybridized carbons (Fsp3) is 0.360. The Morgan fingerprint density at radius 2 is 1.78 bits per heavy atom. The van der Waals surface area contributed by atoms with Crippen LogP contribution < -0.4 is 4.74 Å². The maximum Gasteiger partial charge on any atom is 0.260 e. The van der Waals surface area contributed by atoms with Crippen LogP contribution in [0.15, 0.2) is 71.5 Å². The van der Waals surface area contributed by atoms with Gasteiger partial charge in [-0.05, 0) is 42.8 Å². The van der Waals surface area contributed by atoms with E-state index in [9.17, 15) is 9.59 Å². The fourth-order valence-electron chi connectivity index (χ4n) is 3.34. The van der Waals surface area contributed by atoms with Gasteiger partial charge in [0.15, 0.2) is 6.61 Å². The maximum absolute atomic E-state index is 13.3. The van der Waals surface area contributed by atoms with Crippen LogP contribution >= 0.6 is 0 Å². The van der Waals surface area contributed by atoms with Crippen molar-refractivity contribution in [2.75, 3.05) is 19.7 Å². The molecule has 1 aromatic carbocycles. The first-order chi connectivity index (χ1) is 15.6. The van der Waals surface area contributed by atoms with Crippen molar-refractivity contribution >= 4 is 11.8 Å². The Hall–Kier alpha value is -3.48. The van der Waals surface area contributed by atoms with Crippen molar-refractivity contribution in [3.8, 4) is 5.75 Å². The monoisotopic (exact) mass is 437 g/mol. The van der Waals surface area contributed by atoms with E-state index in [2.05, 4.69) is 6.92 Å². The van der Waals surface area contributed by atoms with Gasteiger partial charge in [0, 0.05) is 25.5 Å². The van der Waals surface area contributed by atoms with Crippen molar-refractivity contribution in [2.24, 2.45) is 7.05 Å². The van der Waals surface area contributed by atoms with Gasteiger partial charge in [0.25, 0.3) is 5.91 Å². The third-order valence-electron chi connectivity index (χ3n) is 5.25. The predicted octanol–water partition coefficient (Wildman–Crippen LogP) is 3.85. The molecule has 0 saturated carbocycles. The molecule has 170 valence electrons. The van der Waals surface area contributed by atoms with Gasteiger partial charge in [-0.3, -0.25) is 9.59 Å². The number of unbranched alkanes of at least 4 members (excludes halogenated alkanes) is 1. The minimum Gasteiger partial charge on any atom is -0.484 e. The third-order valence-corrected chi connectivity index (χ3v) is 5.25. The molecule has 2 aromatic heterocycles. The van der Waals surface area contributed by atoms with Crippen molar-refractivity contribution in [3.63, 3.8) is 0 Å². The molecule has 7 heteroatoms. The predicted molar refractivity (Wildman–Crippen MR) is 122 cm³/mol. The van der Waals surface area contributed by atoms with Gasteiger partial charge in [-0.15, -0.1) is 0 Å². The number of furan rings is 1. The van der Waals surface area contributed by atoms with Crippen LogP contribution in [-0.2, 0) is 29.7 Å². The number of nitrogens with zero attached hydrogens (tertiary/aromatic N) is 3. The Kier molecular flexibility index (Phi) is 8.54. The van der Waals surface area contributed by atoms with Crippen LogP contribution in [0.2, 0.25) is 0 Å². The largest absolute Gasteiger partial charge is 0.484 e. The number of aryl methyl sites for hydroxylation is 1. The van der Waals surface area contributed by atoms with Gasteiger partial charge in [-0.25, -0.2) is 0 Å². The summed E-state index contributed by atoms with van der Waals surface area (Å²) in [6.07, 6.45) is 5.29. The zero-order valence-electron chi connectivity index (χ0n) is 18.8. The van der Waals surface area contributed by atoms with Crippen molar-refractivity contribution in [1.82, 2.24) is 14.4 Å². The molecule has 0 saturated heterocycles. The molecule has 0 bridgehead atoms. The number of aromatic nitrogens is 1. The molecular weight excluding hydrogens is 406 g/mol. The van der Waals surface area contributed by atoms with E-state index in [0.717, 1.165) is 18.5 Å². The van der Waals surface area contributed by atoms with E-state index in [-0.39, 0.29) is 25.0 Å². The van der Waals surface area contributed by atoms with Crippen LogP contribution in [0.1, 0.15) is 31.2 Å². The molecule has 0 spiro atoms. The van der Waals surface area contributed by atoms with Crippen molar-refractivity contribution in [2.45, 2.75) is 32.9 Å². The number of ether oxygens (including phenoxy) is 1. The van der Waals surface area contributed by atoms with E-state index in [4.69, 9.17) is 9.15 Å². The molecule has 0 unspecified atom stereocenters. The molecule has 32 heavy (non-hydrogen) atoms. The lowest BCUT2D eigenvalue weighted by Gasteiger charge is -2.27. The third kappa shape index (κ3) is 6.77. The minimum absolute atomic E-state index is 0.00210. The van der Waals surface area contributed by atoms with Gasteiger partial charge in [0.2, 0.25) is 5.91 Å². The first-order valence-corrected chi connectivity index (χ1v) is 10.9. The topological polar surface area (TPSA) is 67.9 Å². The van der Waals surface area contributed by atoms with Crippen LogP contribution in [0, 0.1) is 0 Å². The normalized spacial score (nSPS) is 10.7. The number of rotatable bonds is 12. The highest BCUT2D eigenvalue weighted by Gasteiger charge is 2.23. The second kappa shape index (κ2) is 11.8.